The average molecular weight is 294 g/mol. The van der Waals surface area contributed by atoms with E-state index in [9.17, 15) is 14.7 Å². The molecule has 5 nitrogen and oxygen atoms in total. The van der Waals surface area contributed by atoms with Crippen molar-refractivity contribution in [2.75, 3.05) is 19.8 Å². The number of carboxylic acid groups (broad SMARTS) is 1. The van der Waals surface area contributed by atoms with Gasteiger partial charge in [0.25, 0.3) is 0 Å². The van der Waals surface area contributed by atoms with Gasteiger partial charge >= 0.3 is 11.9 Å². The Labute approximate surface area is 124 Å². The highest BCUT2D eigenvalue weighted by Gasteiger charge is 2.49. The zero-order valence-electron chi connectivity index (χ0n) is 12.7. The maximum atomic E-state index is 12.4. The van der Waals surface area contributed by atoms with Crippen LogP contribution in [-0.2, 0) is 24.5 Å². The highest BCUT2D eigenvalue weighted by Crippen LogP contribution is 2.31. The van der Waals surface area contributed by atoms with Gasteiger partial charge in [0.05, 0.1) is 6.61 Å². The smallest absolute Gasteiger partial charge is 0.328 e. The van der Waals surface area contributed by atoms with Crippen LogP contribution in [0.5, 0.6) is 0 Å². The fraction of sp³-hybridized carbons (Fsp3) is 0.500. The first-order chi connectivity index (χ1) is 9.98. The van der Waals surface area contributed by atoms with Crippen LogP contribution >= 0.6 is 0 Å². The van der Waals surface area contributed by atoms with E-state index in [2.05, 4.69) is 0 Å². The minimum absolute atomic E-state index is 0.0401. The summed E-state index contributed by atoms with van der Waals surface area (Å²) in [5.41, 5.74) is -0.413. The third-order valence-electron chi connectivity index (χ3n) is 3.33. The lowest BCUT2D eigenvalue weighted by atomic mass is 9.77. The number of hydrogen-bond donors (Lipinski definition) is 1. The van der Waals surface area contributed by atoms with Crippen LogP contribution in [0.2, 0.25) is 0 Å². The number of carbonyl (C=O) groups is 2. The molecular weight excluding hydrogens is 272 g/mol. The van der Waals surface area contributed by atoms with Gasteiger partial charge in [-0.15, -0.1) is 0 Å². The van der Waals surface area contributed by atoms with E-state index in [-0.39, 0.29) is 19.6 Å². The molecule has 1 rings (SSSR count). The minimum Gasteiger partial charge on any atom is -0.480 e. The largest absolute Gasteiger partial charge is 0.480 e. The molecule has 0 aliphatic carbocycles. The molecule has 0 fully saturated rings. The lowest BCUT2D eigenvalue weighted by molar-refractivity contribution is -0.162. The van der Waals surface area contributed by atoms with E-state index in [0.29, 0.717) is 12.2 Å². The minimum atomic E-state index is -1.72. The zero-order valence-corrected chi connectivity index (χ0v) is 12.7. The van der Waals surface area contributed by atoms with E-state index >= 15 is 0 Å². The molecule has 1 aromatic carbocycles. The predicted molar refractivity (Wildman–Crippen MR) is 78.2 cm³/mol. The molecule has 0 aliphatic rings. The summed E-state index contributed by atoms with van der Waals surface area (Å²) < 4.78 is 10.3. The first kappa shape index (κ1) is 17.2. The summed E-state index contributed by atoms with van der Waals surface area (Å²) in [6.07, 6.45) is 0.0401. The molecule has 0 spiro atoms. The maximum absolute atomic E-state index is 12.4. The summed E-state index contributed by atoms with van der Waals surface area (Å²) in [5.74, 6) is -1.96. The molecule has 0 saturated carbocycles. The SMILES string of the molecule is CCOCCC(C(=O)O)(C(=O)OCC)c1cccc(C)c1. The Morgan fingerprint density at radius 1 is 1.24 bits per heavy atom. The zero-order chi connectivity index (χ0) is 15.9. The molecule has 1 atom stereocenters. The molecule has 116 valence electrons. The van der Waals surface area contributed by atoms with Crippen molar-refractivity contribution in [2.24, 2.45) is 0 Å². The fourth-order valence-electron chi connectivity index (χ4n) is 2.22. The van der Waals surface area contributed by atoms with Crippen LogP contribution in [-0.4, -0.2) is 36.9 Å². The average Bonchev–Trinajstić information content (AvgIpc) is 2.43. The van der Waals surface area contributed by atoms with Crippen LogP contribution in [0.3, 0.4) is 0 Å². The van der Waals surface area contributed by atoms with E-state index in [1.807, 2.05) is 19.9 Å². The summed E-state index contributed by atoms with van der Waals surface area (Å²) in [7, 11) is 0. The van der Waals surface area contributed by atoms with E-state index in [1.165, 1.54) is 0 Å². The molecule has 21 heavy (non-hydrogen) atoms. The van der Waals surface area contributed by atoms with Crippen molar-refractivity contribution in [3.63, 3.8) is 0 Å². The first-order valence-electron chi connectivity index (χ1n) is 7.04. The summed E-state index contributed by atoms with van der Waals surface area (Å²) in [6, 6.07) is 6.94. The molecule has 1 aromatic rings. The van der Waals surface area contributed by atoms with Crippen molar-refractivity contribution in [3.8, 4) is 0 Å². The molecule has 1 N–H and O–H groups in total. The number of hydrogen-bond acceptors (Lipinski definition) is 4. The Morgan fingerprint density at radius 3 is 2.48 bits per heavy atom. The third kappa shape index (κ3) is 3.82. The van der Waals surface area contributed by atoms with E-state index < -0.39 is 17.4 Å². The van der Waals surface area contributed by atoms with Gasteiger partial charge in [-0.2, -0.15) is 0 Å². The number of esters is 1. The van der Waals surface area contributed by atoms with Crippen LogP contribution in [0.25, 0.3) is 0 Å². The second kappa shape index (κ2) is 7.78. The monoisotopic (exact) mass is 294 g/mol. The van der Waals surface area contributed by atoms with Gasteiger partial charge in [-0.05, 0) is 26.3 Å². The number of rotatable bonds is 8. The second-order valence-electron chi connectivity index (χ2n) is 4.75. The van der Waals surface area contributed by atoms with Crippen LogP contribution in [0.15, 0.2) is 24.3 Å². The van der Waals surface area contributed by atoms with Crippen LogP contribution < -0.4 is 0 Å². The number of carboxylic acids is 1. The van der Waals surface area contributed by atoms with Gasteiger partial charge in [-0.1, -0.05) is 29.8 Å². The van der Waals surface area contributed by atoms with Gasteiger partial charge in [-0.25, -0.2) is 0 Å². The van der Waals surface area contributed by atoms with E-state index in [1.54, 1.807) is 25.1 Å². The Kier molecular flexibility index (Phi) is 6.37. The topological polar surface area (TPSA) is 72.8 Å². The summed E-state index contributed by atoms with van der Waals surface area (Å²) in [5, 5.41) is 9.71. The summed E-state index contributed by atoms with van der Waals surface area (Å²) in [6.45, 7) is 6.10. The van der Waals surface area contributed by atoms with Crippen molar-refractivity contribution in [2.45, 2.75) is 32.6 Å². The third-order valence-corrected chi connectivity index (χ3v) is 3.33. The Morgan fingerprint density at radius 2 is 1.95 bits per heavy atom. The molecule has 0 amide bonds. The molecule has 0 bridgehead atoms. The second-order valence-corrected chi connectivity index (χ2v) is 4.75. The number of ether oxygens (including phenoxy) is 2. The lowest BCUT2D eigenvalue weighted by Crippen LogP contribution is -2.46. The van der Waals surface area contributed by atoms with Crippen LogP contribution in [0.1, 0.15) is 31.4 Å². The highest BCUT2D eigenvalue weighted by atomic mass is 16.5. The van der Waals surface area contributed by atoms with Crippen molar-refractivity contribution < 1.29 is 24.2 Å². The Hall–Kier alpha value is -1.88. The lowest BCUT2D eigenvalue weighted by Gasteiger charge is -2.27. The standard InChI is InChI=1S/C16H22O5/c1-4-20-10-9-16(14(17)18,15(19)21-5-2)13-8-6-7-12(3)11-13/h6-8,11H,4-5,9-10H2,1-3H3,(H,17,18). The number of aliphatic carboxylic acids is 1. The molecule has 5 heteroatoms. The molecule has 0 saturated heterocycles. The summed E-state index contributed by atoms with van der Waals surface area (Å²) in [4.78, 5) is 24.2. The van der Waals surface area contributed by atoms with Gasteiger partial charge < -0.3 is 14.6 Å². The maximum Gasteiger partial charge on any atom is 0.328 e. The van der Waals surface area contributed by atoms with Crippen molar-refractivity contribution >= 4 is 11.9 Å². The number of benzene rings is 1. The first-order valence-corrected chi connectivity index (χ1v) is 7.04. The number of carbonyl (C=O) groups excluding carboxylic acids is 1. The quantitative estimate of drug-likeness (QED) is 0.452. The molecule has 0 aromatic heterocycles. The van der Waals surface area contributed by atoms with Gasteiger partial charge in [0.15, 0.2) is 5.41 Å². The predicted octanol–water partition coefficient (Wildman–Crippen LogP) is 2.31. The molecule has 0 aliphatic heterocycles. The molecule has 1 unspecified atom stereocenters. The Bertz CT molecular complexity index is 497. The van der Waals surface area contributed by atoms with Crippen molar-refractivity contribution in [1.82, 2.24) is 0 Å². The molecular formula is C16H22O5. The summed E-state index contributed by atoms with van der Waals surface area (Å²) >= 11 is 0. The van der Waals surface area contributed by atoms with E-state index in [0.717, 1.165) is 5.56 Å². The van der Waals surface area contributed by atoms with Crippen molar-refractivity contribution in [1.29, 1.82) is 0 Å². The van der Waals surface area contributed by atoms with Gasteiger partial charge in [0.1, 0.15) is 0 Å². The van der Waals surface area contributed by atoms with Crippen molar-refractivity contribution in [3.05, 3.63) is 35.4 Å². The van der Waals surface area contributed by atoms with Gasteiger partial charge in [-0.3, -0.25) is 9.59 Å². The Balaban J connectivity index is 3.29. The molecule has 0 heterocycles. The number of aryl methyl sites for hydroxylation is 1. The van der Waals surface area contributed by atoms with Crippen LogP contribution in [0, 0.1) is 6.92 Å². The van der Waals surface area contributed by atoms with Gasteiger partial charge in [0, 0.05) is 19.6 Å². The molecule has 0 radical (unpaired) electrons. The van der Waals surface area contributed by atoms with Gasteiger partial charge in [0.2, 0.25) is 0 Å². The van der Waals surface area contributed by atoms with E-state index in [4.69, 9.17) is 9.47 Å². The fourth-order valence-corrected chi connectivity index (χ4v) is 2.22. The normalized spacial score (nSPS) is 13.5. The highest BCUT2D eigenvalue weighted by molar-refractivity contribution is 6.05. The van der Waals surface area contributed by atoms with Crippen LogP contribution in [0.4, 0.5) is 0 Å².